The fraction of sp³-hybridized carbons (Fsp3) is 1.00. The Balaban J connectivity index is 3.70. The minimum Gasteiger partial charge on any atom is -0.394 e. The van der Waals surface area contributed by atoms with Gasteiger partial charge < -0.3 is 15.7 Å². The van der Waals surface area contributed by atoms with Crippen molar-refractivity contribution in [2.45, 2.75) is 58.9 Å². The largest absolute Gasteiger partial charge is 0.394 e. The maximum Gasteiger partial charge on any atom is 0.0608 e. The Morgan fingerprint density at radius 2 is 1.94 bits per heavy atom. The van der Waals surface area contributed by atoms with Crippen LogP contribution in [0.25, 0.3) is 0 Å². The van der Waals surface area contributed by atoms with Gasteiger partial charge in [-0.25, -0.2) is 0 Å². The highest BCUT2D eigenvalue weighted by Gasteiger charge is 2.16. The molecule has 0 heterocycles. The topological polar surface area (TPSA) is 49.5 Å². The average molecular weight is 244 g/mol. The molecule has 0 bridgehead atoms. The molecule has 0 aromatic carbocycles. The number of hydrogen-bond donors (Lipinski definition) is 2. The zero-order valence-corrected chi connectivity index (χ0v) is 12.2. The first-order valence-electron chi connectivity index (χ1n) is 7.07. The van der Waals surface area contributed by atoms with E-state index in [9.17, 15) is 0 Å². The van der Waals surface area contributed by atoms with Crippen molar-refractivity contribution in [3.63, 3.8) is 0 Å². The Kier molecular flexibility index (Phi) is 8.83. The number of aliphatic hydroxyl groups is 1. The van der Waals surface area contributed by atoms with Crippen LogP contribution in [0.15, 0.2) is 0 Å². The van der Waals surface area contributed by atoms with Crippen LogP contribution in [0.4, 0.5) is 0 Å². The van der Waals surface area contributed by atoms with E-state index in [4.69, 9.17) is 10.8 Å². The molecule has 2 unspecified atom stereocenters. The molecule has 0 saturated heterocycles. The van der Waals surface area contributed by atoms with Crippen molar-refractivity contribution in [1.82, 2.24) is 4.90 Å². The molecule has 3 heteroatoms. The number of hydrogen-bond acceptors (Lipinski definition) is 3. The van der Waals surface area contributed by atoms with Crippen LogP contribution in [-0.4, -0.2) is 41.8 Å². The van der Waals surface area contributed by atoms with Gasteiger partial charge in [-0.15, -0.1) is 0 Å². The summed E-state index contributed by atoms with van der Waals surface area (Å²) in [7, 11) is 0. The second-order valence-corrected chi connectivity index (χ2v) is 5.68. The summed E-state index contributed by atoms with van der Waals surface area (Å²) in [5, 5.41) is 9.06. The van der Waals surface area contributed by atoms with E-state index in [0.29, 0.717) is 0 Å². The van der Waals surface area contributed by atoms with Crippen LogP contribution >= 0.6 is 0 Å². The summed E-state index contributed by atoms with van der Waals surface area (Å²) in [5.41, 5.74) is 5.51. The van der Waals surface area contributed by atoms with Gasteiger partial charge in [0.25, 0.3) is 0 Å². The Labute approximate surface area is 107 Å². The standard InChI is InChI=1S/C14H32N2O/c1-5-13(3)11-16(6-2)10-8-7-9-14(4,15)12-17/h13,17H,5-12,15H2,1-4H3. The summed E-state index contributed by atoms with van der Waals surface area (Å²) in [4.78, 5) is 2.51. The summed E-state index contributed by atoms with van der Waals surface area (Å²) in [6.07, 6.45) is 4.44. The number of nitrogens with two attached hydrogens (primary N) is 1. The van der Waals surface area contributed by atoms with Crippen LogP contribution in [0.2, 0.25) is 0 Å². The van der Waals surface area contributed by atoms with Crippen molar-refractivity contribution < 1.29 is 5.11 Å². The zero-order chi connectivity index (χ0) is 13.3. The van der Waals surface area contributed by atoms with Gasteiger partial charge in [-0.1, -0.05) is 33.6 Å². The molecule has 0 aliphatic carbocycles. The van der Waals surface area contributed by atoms with Crippen LogP contribution in [0, 0.1) is 5.92 Å². The molecule has 0 radical (unpaired) electrons. The van der Waals surface area contributed by atoms with Crippen molar-refractivity contribution in [3.05, 3.63) is 0 Å². The predicted octanol–water partition coefficient (Wildman–Crippen LogP) is 2.23. The summed E-state index contributed by atoms with van der Waals surface area (Å²) < 4.78 is 0. The SMILES string of the molecule is CCC(C)CN(CC)CCCCC(C)(N)CO. The molecule has 0 aliphatic rings. The van der Waals surface area contributed by atoms with Crippen LogP contribution < -0.4 is 5.73 Å². The molecule has 0 spiro atoms. The summed E-state index contributed by atoms with van der Waals surface area (Å²) in [6, 6.07) is 0. The average Bonchev–Trinajstić information content (AvgIpc) is 2.32. The van der Waals surface area contributed by atoms with Gasteiger partial charge in [0.1, 0.15) is 0 Å². The van der Waals surface area contributed by atoms with Gasteiger partial charge in [0, 0.05) is 12.1 Å². The van der Waals surface area contributed by atoms with E-state index in [1.165, 1.54) is 19.4 Å². The van der Waals surface area contributed by atoms with Crippen molar-refractivity contribution in [3.8, 4) is 0 Å². The smallest absolute Gasteiger partial charge is 0.0608 e. The molecular formula is C14H32N2O. The van der Waals surface area contributed by atoms with Crippen LogP contribution in [-0.2, 0) is 0 Å². The van der Waals surface area contributed by atoms with E-state index in [-0.39, 0.29) is 6.61 Å². The molecule has 0 aromatic heterocycles. The van der Waals surface area contributed by atoms with E-state index in [0.717, 1.165) is 31.8 Å². The Morgan fingerprint density at radius 3 is 2.41 bits per heavy atom. The van der Waals surface area contributed by atoms with Crippen molar-refractivity contribution in [2.24, 2.45) is 11.7 Å². The third-order valence-corrected chi connectivity index (χ3v) is 3.55. The molecule has 3 N–H and O–H groups in total. The number of aliphatic hydroxyl groups excluding tert-OH is 1. The minimum atomic E-state index is -0.395. The number of unbranched alkanes of at least 4 members (excludes halogenated alkanes) is 1. The molecule has 0 aliphatic heterocycles. The van der Waals surface area contributed by atoms with Crippen molar-refractivity contribution >= 4 is 0 Å². The van der Waals surface area contributed by atoms with Gasteiger partial charge >= 0.3 is 0 Å². The van der Waals surface area contributed by atoms with E-state index >= 15 is 0 Å². The summed E-state index contributed by atoms with van der Waals surface area (Å²) in [6.45, 7) is 12.3. The quantitative estimate of drug-likeness (QED) is 0.579. The molecule has 0 fully saturated rings. The first-order valence-corrected chi connectivity index (χ1v) is 7.07. The molecule has 0 aromatic rings. The van der Waals surface area contributed by atoms with E-state index in [1.54, 1.807) is 0 Å². The second-order valence-electron chi connectivity index (χ2n) is 5.68. The first kappa shape index (κ1) is 16.9. The number of nitrogens with zero attached hydrogens (tertiary/aromatic N) is 1. The van der Waals surface area contributed by atoms with E-state index in [2.05, 4.69) is 25.7 Å². The fourth-order valence-corrected chi connectivity index (χ4v) is 1.89. The summed E-state index contributed by atoms with van der Waals surface area (Å²) >= 11 is 0. The number of rotatable bonds is 10. The zero-order valence-electron chi connectivity index (χ0n) is 12.2. The Bertz CT molecular complexity index is 183. The molecule has 2 atom stereocenters. The van der Waals surface area contributed by atoms with Gasteiger partial charge in [0.05, 0.1) is 6.61 Å². The van der Waals surface area contributed by atoms with Gasteiger partial charge in [0.15, 0.2) is 0 Å². The van der Waals surface area contributed by atoms with Crippen LogP contribution in [0.3, 0.4) is 0 Å². The molecule has 104 valence electrons. The molecule has 17 heavy (non-hydrogen) atoms. The maximum atomic E-state index is 9.06. The normalized spacial score (nSPS) is 17.1. The van der Waals surface area contributed by atoms with E-state index < -0.39 is 5.54 Å². The molecule has 0 rings (SSSR count). The van der Waals surface area contributed by atoms with Gasteiger partial charge in [0.2, 0.25) is 0 Å². The third kappa shape index (κ3) is 8.58. The predicted molar refractivity (Wildman–Crippen MR) is 75.1 cm³/mol. The monoisotopic (exact) mass is 244 g/mol. The second kappa shape index (κ2) is 8.90. The third-order valence-electron chi connectivity index (χ3n) is 3.55. The fourth-order valence-electron chi connectivity index (χ4n) is 1.89. The summed E-state index contributed by atoms with van der Waals surface area (Å²) in [5.74, 6) is 0.784. The lowest BCUT2D eigenvalue weighted by atomic mass is 9.97. The lowest BCUT2D eigenvalue weighted by Crippen LogP contribution is -2.40. The highest BCUT2D eigenvalue weighted by molar-refractivity contribution is 4.77. The minimum absolute atomic E-state index is 0.0807. The van der Waals surface area contributed by atoms with E-state index in [1.807, 2.05) is 6.92 Å². The van der Waals surface area contributed by atoms with Crippen molar-refractivity contribution in [2.75, 3.05) is 26.2 Å². The highest BCUT2D eigenvalue weighted by atomic mass is 16.3. The van der Waals surface area contributed by atoms with Gasteiger partial charge in [-0.2, -0.15) is 0 Å². The maximum absolute atomic E-state index is 9.06. The Hall–Kier alpha value is -0.120. The van der Waals surface area contributed by atoms with Crippen LogP contribution in [0.5, 0.6) is 0 Å². The molecular weight excluding hydrogens is 212 g/mol. The molecule has 0 amide bonds. The lowest BCUT2D eigenvalue weighted by molar-refractivity contribution is 0.192. The van der Waals surface area contributed by atoms with Crippen LogP contribution in [0.1, 0.15) is 53.4 Å². The van der Waals surface area contributed by atoms with Gasteiger partial charge in [-0.3, -0.25) is 0 Å². The van der Waals surface area contributed by atoms with Gasteiger partial charge in [-0.05, 0) is 38.8 Å². The lowest BCUT2D eigenvalue weighted by Gasteiger charge is -2.25. The van der Waals surface area contributed by atoms with Crippen molar-refractivity contribution in [1.29, 1.82) is 0 Å². The molecule has 0 saturated carbocycles. The Morgan fingerprint density at radius 1 is 1.29 bits per heavy atom. The highest BCUT2D eigenvalue weighted by Crippen LogP contribution is 2.11. The first-order chi connectivity index (χ1) is 7.95. The molecule has 3 nitrogen and oxygen atoms in total.